The molecule has 0 radical (unpaired) electrons. The summed E-state index contributed by atoms with van der Waals surface area (Å²) in [6.07, 6.45) is 1.77. The van der Waals surface area contributed by atoms with E-state index in [0.29, 0.717) is 11.3 Å². The maximum Gasteiger partial charge on any atom is 0.232 e. The lowest BCUT2D eigenvalue weighted by molar-refractivity contribution is 0.868. The van der Waals surface area contributed by atoms with E-state index in [4.69, 9.17) is 10.5 Å². The molecule has 4 nitrogen and oxygen atoms in total. The van der Waals surface area contributed by atoms with Crippen LogP contribution in [0.25, 0.3) is 11.3 Å². The van der Waals surface area contributed by atoms with Crippen molar-refractivity contribution >= 4 is 0 Å². The number of aryl methyl sites for hydroxylation is 1. The third-order valence-electron chi connectivity index (χ3n) is 2.67. The van der Waals surface area contributed by atoms with Crippen LogP contribution in [-0.2, 0) is 6.42 Å². The molecule has 1 heterocycles. The zero-order valence-corrected chi connectivity index (χ0v) is 10.6. The van der Waals surface area contributed by atoms with Gasteiger partial charge in [0.15, 0.2) is 0 Å². The molecule has 2 aromatic rings. The third-order valence-corrected chi connectivity index (χ3v) is 2.67. The summed E-state index contributed by atoms with van der Waals surface area (Å²) in [6.45, 7) is 2.06. The minimum atomic E-state index is 0.170. The fourth-order valence-electron chi connectivity index (χ4n) is 1.83. The maximum absolute atomic E-state index is 8.98. The fourth-order valence-corrected chi connectivity index (χ4v) is 1.83. The second-order valence-electron chi connectivity index (χ2n) is 4.12. The Morgan fingerprint density at radius 3 is 2.63 bits per heavy atom. The van der Waals surface area contributed by atoms with Crippen molar-refractivity contribution in [1.82, 2.24) is 9.97 Å². The van der Waals surface area contributed by atoms with E-state index in [1.165, 1.54) is 0 Å². The van der Waals surface area contributed by atoms with Crippen LogP contribution in [0.2, 0.25) is 0 Å². The third kappa shape index (κ3) is 2.94. The first-order valence-electron chi connectivity index (χ1n) is 6.05. The molecule has 0 spiro atoms. The van der Waals surface area contributed by atoms with Gasteiger partial charge in [-0.3, -0.25) is 0 Å². The highest BCUT2D eigenvalue weighted by molar-refractivity contribution is 5.62. The van der Waals surface area contributed by atoms with Crippen molar-refractivity contribution in [3.05, 3.63) is 47.4 Å². The molecule has 1 aromatic heterocycles. The lowest BCUT2D eigenvalue weighted by Crippen LogP contribution is -1.98. The molecule has 0 aliphatic carbocycles. The van der Waals surface area contributed by atoms with Gasteiger partial charge in [0.2, 0.25) is 5.82 Å². The van der Waals surface area contributed by atoms with Gasteiger partial charge in [-0.05, 0) is 24.6 Å². The molecule has 0 amide bonds. The number of nitriles is 2. The van der Waals surface area contributed by atoms with Gasteiger partial charge < -0.3 is 0 Å². The molecule has 4 heteroatoms. The number of hydrogen-bond donors (Lipinski definition) is 0. The van der Waals surface area contributed by atoms with Crippen LogP contribution in [0.1, 0.15) is 30.4 Å². The highest BCUT2D eigenvalue weighted by atomic mass is 14.9. The van der Waals surface area contributed by atoms with Crippen LogP contribution in [-0.4, -0.2) is 9.97 Å². The lowest BCUT2D eigenvalue weighted by Gasteiger charge is -2.04. The van der Waals surface area contributed by atoms with Gasteiger partial charge in [-0.15, -0.1) is 0 Å². The van der Waals surface area contributed by atoms with Crippen LogP contribution in [0.4, 0.5) is 0 Å². The summed E-state index contributed by atoms with van der Waals surface area (Å²) in [5.41, 5.74) is 2.94. The summed E-state index contributed by atoms with van der Waals surface area (Å²) < 4.78 is 0. The van der Waals surface area contributed by atoms with Crippen molar-refractivity contribution in [2.24, 2.45) is 0 Å². The van der Waals surface area contributed by atoms with Crippen LogP contribution >= 0.6 is 0 Å². The molecule has 0 saturated heterocycles. The Morgan fingerprint density at radius 2 is 1.95 bits per heavy atom. The average molecular weight is 248 g/mol. The van der Waals surface area contributed by atoms with E-state index in [0.717, 1.165) is 24.1 Å². The van der Waals surface area contributed by atoms with E-state index < -0.39 is 0 Å². The number of hydrogen-bond acceptors (Lipinski definition) is 4. The van der Waals surface area contributed by atoms with Crippen LogP contribution in [0, 0.1) is 22.7 Å². The SMILES string of the molecule is CCCc1cc(-c2cccc(C#N)c2)nc(C#N)n1. The molecular formula is C15H12N4. The van der Waals surface area contributed by atoms with Gasteiger partial charge in [0, 0.05) is 11.3 Å². The normalized spacial score (nSPS) is 9.63. The van der Waals surface area contributed by atoms with Gasteiger partial charge in [-0.2, -0.15) is 10.5 Å². The Kier molecular flexibility index (Phi) is 3.85. The van der Waals surface area contributed by atoms with Crippen molar-refractivity contribution in [1.29, 1.82) is 10.5 Å². The topological polar surface area (TPSA) is 73.4 Å². The molecule has 0 saturated carbocycles. The fraction of sp³-hybridized carbons (Fsp3) is 0.200. The summed E-state index contributed by atoms with van der Waals surface area (Å²) in [6, 6.07) is 13.1. The monoisotopic (exact) mass is 248 g/mol. The van der Waals surface area contributed by atoms with Gasteiger partial charge >= 0.3 is 0 Å². The second-order valence-corrected chi connectivity index (χ2v) is 4.12. The number of aromatic nitrogens is 2. The second kappa shape index (κ2) is 5.75. The maximum atomic E-state index is 8.98. The summed E-state index contributed by atoms with van der Waals surface area (Å²) >= 11 is 0. The van der Waals surface area contributed by atoms with Crippen molar-refractivity contribution in [3.63, 3.8) is 0 Å². The largest absolute Gasteiger partial charge is 0.232 e. The van der Waals surface area contributed by atoms with Crippen LogP contribution in [0.15, 0.2) is 30.3 Å². The molecule has 0 bridgehead atoms. The molecule has 0 aliphatic heterocycles. The van der Waals surface area contributed by atoms with E-state index in [2.05, 4.69) is 23.0 Å². The van der Waals surface area contributed by atoms with Crippen LogP contribution in [0.5, 0.6) is 0 Å². The smallest absolute Gasteiger partial charge is 0.224 e. The van der Waals surface area contributed by atoms with E-state index in [9.17, 15) is 0 Å². The standard InChI is InChI=1S/C15H12N4/c1-2-4-13-8-14(19-15(10-17)18-13)12-6-3-5-11(7-12)9-16/h3,5-8H,2,4H2,1H3. The van der Waals surface area contributed by atoms with Gasteiger partial charge in [0.05, 0.1) is 17.3 Å². The quantitative estimate of drug-likeness (QED) is 0.837. The highest BCUT2D eigenvalue weighted by Gasteiger charge is 2.06. The molecule has 1 aromatic carbocycles. The van der Waals surface area contributed by atoms with E-state index in [-0.39, 0.29) is 5.82 Å². The molecule has 0 aliphatic rings. The molecule has 0 N–H and O–H groups in total. The Hall–Kier alpha value is -2.72. The van der Waals surface area contributed by atoms with Crippen molar-refractivity contribution in [3.8, 4) is 23.4 Å². The zero-order valence-electron chi connectivity index (χ0n) is 10.6. The van der Waals surface area contributed by atoms with E-state index in [1.54, 1.807) is 12.1 Å². The van der Waals surface area contributed by atoms with Crippen molar-refractivity contribution in [2.75, 3.05) is 0 Å². The van der Waals surface area contributed by atoms with Crippen molar-refractivity contribution < 1.29 is 0 Å². The van der Waals surface area contributed by atoms with E-state index in [1.807, 2.05) is 24.3 Å². The predicted octanol–water partition coefficient (Wildman–Crippen LogP) is 2.84. The molecule has 0 unspecified atom stereocenters. The Labute approximate surface area is 112 Å². The Balaban J connectivity index is 2.52. The summed E-state index contributed by atoms with van der Waals surface area (Å²) in [7, 11) is 0. The summed E-state index contributed by atoms with van der Waals surface area (Å²) in [5, 5.41) is 17.9. The van der Waals surface area contributed by atoms with Gasteiger partial charge in [0.1, 0.15) is 6.07 Å². The Bertz CT molecular complexity index is 677. The lowest BCUT2D eigenvalue weighted by atomic mass is 10.1. The van der Waals surface area contributed by atoms with E-state index >= 15 is 0 Å². The average Bonchev–Trinajstić information content (AvgIpc) is 2.47. The van der Waals surface area contributed by atoms with Gasteiger partial charge in [-0.1, -0.05) is 25.5 Å². The summed E-state index contributed by atoms with van der Waals surface area (Å²) in [5.74, 6) is 0.170. The minimum Gasteiger partial charge on any atom is -0.224 e. The summed E-state index contributed by atoms with van der Waals surface area (Å²) in [4.78, 5) is 8.37. The van der Waals surface area contributed by atoms with Gasteiger partial charge in [0.25, 0.3) is 0 Å². The molecule has 19 heavy (non-hydrogen) atoms. The predicted molar refractivity (Wildman–Crippen MR) is 70.9 cm³/mol. The number of benzene rings is 1. The zero-order chi connectivity index (χ0) is 13.7. The van der Waals surface area contributed by atoms with Crippen LogP contribution < -0.4 is 0 Å². The van der Waals surface area contributed by atoms with Gasteiger partial charge in [-0.25, -0.2) is 9.97 Å². The molecule has 0 atom stereocenters. The molecule has 0 fully saturated rings. The first kappa shape index (κ1) is 12.7. The van der Waals surface area contributed by atoms with Crippen LogP contribution in [0.3, 0.4) is 0 Å². The highest BCUT2D eigenvalue weighted by Crippen LogP contribution is 2.19. The van der Waals surface area contributed by atoms with Crippen molar-refractivity contribution in [2.45, 2.75) is 19.8 Å². The molecular weight excluding hydrogens is 236 g/mol. The first-order chi connectivity index (χ1) is 9.26. The molecule has 92 valence electrons. The minimum absolute atomic E-state index is 0.170. The number of rotatable bonds is 3. The number of nitrogens with zero attached hydrogens (tertiary/aromatic N) is 4. The Morgan fingerprint density at radius 1 is 1.11 bits per heavy atom. The molecule has 2 rings (SSSR count). The first-order valence-corrected chi connectivity index (χ1v) is 6.05.